The zero-order valence-corrected chi connectivity index (χ0v) is 50.9. The predicted octanol–water partition coefficient (Wildman–Crippen LogP) is 23.2. The van der Waals surface area contributed by atoms with Crippen molar-refractivity contribution in [2.24, 2.45) is 0 Å². The van der Waals surface area contributed by atoms with Crippen LogP contribution in [0.2, 0.25) is 0 Å². The van der Waals surface area contributed by atoms with Crippen molar-refractivity contribution in [3.8, 4) is 45.3 Å². The molecule has 6 aromatic heterocycles. The Morgan fingerprint density at radius 3 is 0.708 bits per heavy atom. The number of rotatable bonds is 7. The maximum atomic E-state index is 17.3. The number of para-hydroxylation sites is 8. The number of fused-ring (bicyclic) bond motifs is 18. The Kier molecular flexibility index (Phi) is 11.3. The van der Waals surface area contributed by atoms with Crippen molar-refractivity contribution in [1.82, 2.24) is 27.4 Å². The third-order valence-corrected chi connectivity index (χ3v) is 20.0. The van der Waals surface area contributed by atoms with Gasteiger partial charge in [0.25, 0.3) is 0 Å². The smallest absolute Gasteiger partial charge is 0.309 e. The van der Waals surface area contributed by atoms with E-state index in [1.807, 2.05) is 146 Å². The van der Waals surface area contributed by atoms with Crippen LogP contribution < -0.4 is 0 Å². The second-order valence-corrected chi connectivity index (χ2v) is 24.9. The number of aromatic nitrogens is 6. The second-order valence-electron chi connectivity index (χ2n) is 24.9. The highest BCUT2D eigenvalue weighted by atomic mass is 19.4. The van der Waals surface area contributed by atoms with Crippen molar-refractivity contribution >= 4 is 131 Å². The Hall–Kier alpha value is -12.5. The molecular weight excluding hydrogens is 1200 g/mol. The number of benzene rings is 14. The van der Waals surface area contributed by atoms with Crippen molar-refractivity contribution in [2.45, 2.75) is 6.18 Å². The third kappa shape index (κ3) is 7.61. The van der Waals surface area contributed by atoms with Gasteiger partial charge >= 0.3 is 6.18 Å². The Morgan fingerprint density at radius 1 is 0.208 bits per heavy atom. The number of alkyl halides is 3. The molecule has 0 aliphatic rings. The molecule has 454 valence electrons. The van der Waals surface area contributed by atoms with E-state index in [2.05, 4.69) is 140 Å². The average Bonchev–Trinajstić information content (AvgIpc) is 1.53. The van der Waals surface area contributed by atoms with Crippen LogP contribution in [0.5, 0.6) is 0 Å². The van der Waals surface area contributed by atoms with Crippen molar-refractivity contribution < 1.29 is 22.0 Å². The standard InChI is InChI=1S/C85H49F5N6/c86-68-26-17-27-69(87)84(68)66-48-83(96-80-42-38-52(93-74-32-13-5-22-58(74)59-23-6-14-33-75(59)93)46-64(80)65-47-53(39-43-81(65)96)94-76-34-15-7-24-60(76)61-25-8-16-35-77(61)94)67(85(88,89)90)49-82(66)95-78-40-36-50(91-70-28-9-1-18-54(70)55-19-2-10-29-71(55)91)44-62(78)63-45-51(37-41-79(63)95)92-72-30-11-3-20-56(72)57-21-4-12-31-73(57)92/h1-49H. The van der Waals surface area contributed by atoms with Gasteiger partial charge in [-0.3, -0.25) is 0 Å². The first-order valence-electron chi connectivity index (χ1n) is 31.9. The molecule has 6 nitrogen and oxygen atoms in total. The van der Waals surface area contributed by atoms with E-state index in [0.29, 0.717) is 43.6 Å². The van der Waals surface area contributed by atoms with Crippen LogP contribution in [0.15, 0.2) is 297 Å². The first-order chi connectivity index (χ1) is 47.1. The third-order valence-electron chi connectivity index (χ3n) is 20.0. The summed E-state index contributed by atoms with van der Waals surface area (Å²) in [4.78, 5) is 0. The van der Waals surface area contributed by atoms with E-state index < -0.39 is 28.9 Å². The second kappa shape index (κ2) is 20.0. The molecule has 0 spiro atoms. The first-order valence-corrected chi connectivity index (χ1v) is 31.9. The quantitative estimate of drug-likeness (QED) is 0.142. The lowest BCUT2D eigenvalue weighted by molar-refractivity contribution is -0.137. The summed E-state index contributed by atoms with van der Waals surface area (Å²) in [6.45, 7) is 0. The van der Waals surface area contributed by atoms with Crippen molar-refractivity contribution in [3.05, 3.63) is 314 Å². The van der Waals surface area contributed by atoms with Gasteiger partial charge < -0.3 is 27.4 Å². The van der Waals surface area contributed by atoms with Crippen LogP contribution in [0.4, 0.5) is 22.0 Å². The molecule has 0 atom stereocenters. The van der Waals surface area contributed by atoms with E-state index >= 15 is 22.0 Å². The average molecular weight is 1250 g/mol. The number of hydrogen-bond donors (Lipinski definition) is 0. The lowest BCUT2D eigenvalue weighted by Gasteiger charge is -2.22. The normalized spacial score (nSPS) is 12.4. The van der Waals surface area contributed by atoms with E-state index in [1.54, 1.807) is 9.13 Å². The Balaban J connectivity index is 0.891. The first kappa shape index (κ1) is 54.1. The molecule has 0 aliphatic heterocycles. The lowest BCUT2D eigenvalue weighted by Crippen LogP contribution is -2.14. The van der Waals surface area contributed by atoms with Gasteiger partial charge in [0, 0.05) is 92.9 Å². The van der Waals surface area contributed by atoms with Gasteiger partial charge in [-0.15, -0.1) is 0 Å². The zero-order chi connectivity index (χ0) is 63.8. The molecule has 0 amide bonds. The summed E-state index contributed by atoms with van der Waals surface area (Å²) < 4.78 is 98.6. The highest BCUT2D eigenvalue weighted by Gasteiger charge is 2.38. The Morgan fingerprint density at radius 2 is 0.448 bits per heavy atom. The molecule has 20 aromatic rings. The minimum Gasteiger partial charge on any atom is -0.309 e. The summed E-state index contributed by atoms with van der Waals surface area (Å²) >= 11 is 0. The van der Waals surface area contributed by atoms with Crippen LogP contribution in [-0.4, -0.2) is 27.4 Å². The van der Waals surface area contributed by atoms with Crippen LogP contribution in [0.25, 0.3) is 176 Å². The summed E-state index contributed by atoms with van der Waals surface area (Å²) in [5, 5.41) is 11.3. The van der Waals surface area contributed by atoms with E-state index in [0.717, 1.165) is 128 Å². The van der Waals surface area contributed by atoms with Crippen LogP contribution in [0.1, 0.15) is 5.56 Å². The number of nitrogens with zero attached hydrogens (tertiary/aromatic N) is 6. The SMILES string of the molecule is Fc1cccc(F)c1-c1cc(-n2c3ccc(-n4c5ccccc5c5ccccc54)cc3c3cc(-n4c5ccccc5c5ccccc54)ccc32)c(C(F)(F)F)cc1-n1c2ccc(-n3c4ccccc4c4ccccc43)cc2c2cc(-n3c4ccccc4c4ccccc43)ccc21. The van der Waals surface area contributed by atoms with E-state index in [-0.39, 0.29) is 16.9 Å². The van der Waals surface area contributed by atoms with E-state index in [1.165, 1.54) is 12.1 Å². The highest BCUT2D eigenvalue weighted by Crippen LogP contribution is 2.49. The van der Waals surface area contributed by atoms with Crippen LogP contribution in [-0.2, 0) is 6.18 Å². The molecule has 14 aromatic carbocycles. The molecular formula is C85H49F5N6. The van der Waals surface area contributed by atoms with Gasteiger partial charge in [0.15, 0.2) is 0 Å². The van der Waals surface area contributed by atoms with Gasteiger partial charge in [-0.2, -0.15) is 13.2 Å². The fraction of sp³-hybridized carbons (Fsp3) is 0.0118. The fourth-order valence-electron chi connectivity index (χ4n) is 16.0. The highest BCUT2D eigenvalue weighted by molar-refractivity contribution is 6.17. The van der Waals surface area contributed by atoms with Gasteiger partial charge in [0.2, 0.25) is 0 Å². The summed E-state index contributed by atoms with van der Waals surface area (Å²) in [6, 6.07) is 95.6. The largest absolute Gasteiger partial charge is 0.418 e. The van der Waals surface area contributed by atoms with Gasteiger partial charge in [0.05, 0.1) is 88.7 Å². The molecule has 11 heteroatoms. The van der Waals surface area contributed by atoms with Crippen molar-refractivity contribution in [1.29, 1.82) is 0 Å². The summed E-state index contributed by atoms with van der Waals surface area (Å²) in [5.41, 5.74) is 11.1. The molecule has 6 heterocycles. The van der Waals surface area contributed by atoms with Gasteiger partial charge in [-0.1, -0.05) is 152 Å². The molecule has 0 aliphatic carbocycles. The minimum absolute atomic E-state index is 0.0626. The van der Waals surface area contributed by atoms with Crippen molar-refractivity contribution in [2.75, 3.05) is 0 Å². The summed E-state index contributed by atoms with van der Waals surface area (Å²) in [7, 11) is 0. The molecule has 0 radical (unpaired) electrons. The Labute approximate surface area is 543 Å². The maximum absolute atomic E-state index is 17.3. The molecule has 0 fully saturated rings. The molecule has 0 bridgehead atoms. The van der Waals surface area contributed by atoms with E-state index in [4.69, 9.17) is 0 Å². The monoisotopic (exact) mass is 1250 g/mol. The van der Waals surface area contributed by atoms with Gasteiger partial charge in [-0.05, 0) is 146 Å². The summed E-state index contributed by atoms with van der Waals surface area (Å²) in [6.07, 6.45) is -5.03. The molecule has 20 rings (SSSR count). The topological polar surface area (TPSA) is 29.6 Å². The van der Waals surface area contributed by atoms with Crippen molar-refractivity contribution in [3.63, 3.8) is 0 Å². The Bertz CT molecular complexity index is 6170. The number of halogens is 5. The molecule has 0 saturated carbocycles. The zero-order valence-electron chi connectivity index (χ0n) is 50.9. The van der Waals surface area contributed by atoms with Crippen LogP contribution in [0.3, 0.4) is 0 Å². The molecule has 0 N–H and O–H groups in total. The van der Waals surface area contributed by atoms with Crippen LogP contribution in [0, 0.1) is 11.6 Å². The van der Waals surface area contributed by atoms with Gasteiger partial charge in [-0.25, -0.2) is 8.78 Å². The molecule has 0 saturated heterocycles. The fourth-order valence-corrected chi connectivity index (χ4v) is 16.0. The summed E-state index contributed by atoms with van der Waals surface area (Å²) in [5.74, 6) is -1.86. The maximum Gasteiger partial charge on any atom is 0.418 e. The minimum atomic E-state index is -5.03. The van der Waals surface area contributed by atoms with Gasteiger partial charge in [0.1, 0.15) is 11.6 Å². The predicted molar refractivity (Wildman–Crippen MR) is 383 cm³/mol. The lowest BCUT2D eigenvalue weighted by atomic mass is 9.97. The van der Waals surface area contributed by atoms with E-state index in [9.17, 15) is 0 Å². The molecule has 96 heavy (non-hydrogen) atoms. The molecule has 0 unspecified atom stereocenters. The number of hydrogen-bond acceptors (Lipinski definition) is 0. The van der Waals surface area contributed by atoms with Crippen LogP contribution >= 0.6 is 0 Å².